The first-order valence-corrected chi connectivity index (χ1v) is 8.83. The van der Waals surface area contributed by atoms with E-state index in [4.69, 9.17) is 4.42 Å². The molecule has 3 aromatic rings. The SMILES string of the molecule is CNC(=O)c1ccc(CNC(=O)CCc2ncc(-c3ccc(F)cc3)o2)cc1. The Morgan fingerprint density at radius 3 is 2.46 bits per heavy atom. The molecule has 2 aromatic carbocycles. The summed E-state index contributed by atoms with van der Waals surface area (Å²) in [7, 11) is 1.58. The largest absolute Gasteiger partial charge is 0.441 e. The van der Waals surface area contributed by atoms with Crippen molar-refractivity contribution in [3.8, 4) is 11.3 Å². The summed E-state index contributed by atoms with van der Waals surface area (Å²) in [6, 6.07) is 13.0. The van der Waals surface area contributed by atoms with E-state index in [-0.39, 0.29) is 24.1 Å². The number of oxazole rings is 1. The maximum atomic E-state index is 13.0. The topological polar surface area (TPSA) is 84.2 Å². The van der Waals surface area contributed by atoms with Gasteiger partial charge >= 0.3 is 0 Å². The van der Waals surface area contributed by atoms with Gasteiger partial charge in [-0.1, -0.05) is 12.1 Å². The third-order valence-corrected chi connectivity index (χ3v) is 4.18. The first-order chi connectivity index (χ1) is 13.5. The molecule has 0 fully saturated rings. The second kappa shape index (κ2) is 8.94. The monoisotopic (exact) mass is 381 g/mol. The van der Waals surface area contributed by atoms with Gasteiger partial charge in [-0.3, -0.25) is 9.59 Å². The zero-order valence-electron chi connectivity index (χ0n) is 15.4. The number of carbonyl (C=O) groups is 2. The van der Waals surface area contributed by atoms with Crippen LogP contribution in [0.25, 0.3) is 11.3 Å². The van der Waals surface area contributed by atoms with Crippen LogP contribution in [-0.4, -0.2) is 23.8 Å². The normalized spacial score (nSPS) is 10.5. The van der Waals surface area contributed by atoms with Gasteiger partial charge in [-0.2, -0.15) is 0 Å². The van der Waals surface area contributed by atoms with E-state index < -0.39 is 0 Å². The van der Waals surface area contributed by atoms with Crippen LogP contribution in [0.5, 0.6) is 0 Å². The summed E-state index contributed by atoms with van der Waals surface area (Å²) in [5, 5.41) is 5.38. The van der Waals surface area contributed by atoms with E-state index >= 15 is 0 Å². The second-order valence-electron chi connectivity index (χ2n) is 6.18. The summed E-state index contributed by atoms with van der Waals surface area (Å²) < 4.78 is 18.6. The van der Waals surface area contributed by atoms with Gasteiger partial charge in [0.25, 0.3) is 5.91 Å². The number of carbonyl (C=O) groups excluding carboxylic acids is 2. The number of amides is 2. The molecule has 0 spiro atoms. The summed E-state index contributed by atoms with van der Waals surface area (Å²) in [6.45, 7) is 0.374. The Balaban J connectivity index is 1.47. The van der Waals surface area contributed by atoms with Gasteiger partial charge in [-0.05, 0) is 42.0 Å². The summed E-state index contributed by atoms with van der Waals surface area (Å²) in [5.41, 5.74) is 2.19. The van der Waals surface area contributed by atoms with E-state index in [0.717, 1.165) is 11.1 Å². The van der Waals surface area contributed by atoms with Crippen molar-refractivity contribution < 1.29 is 18.4 Å². The molecule has 6 nitrogen and oxygen atoms in total. The standard InChI is InChI=1S/C21H20FN3O3/c1-23-21(27)16-4-2-14(3-5-16)12-24-19(26)10-11-20-25-13-18(28-20)15-6-8-17(22)9-7-15/h2-9,13H,10-12H2,1H3,(H,23,27)(H,24,26). The van der Waals surface area contributed by atoms with Crippen molar-refractivity contribution in [3.63, 3.8) is 0 Å². The molecule has 144 valence electrons. The molecule has 2 amide bonds. The average Bonchev–Trinajstić information content (AvgIpc) is 3.20. The van der Waals surface area contributed by atoms with Crippen molar-refractivity contribution in [2.75, 3.05) is 7.05 Å². The summed E-state index contributed by atoms with van der Waals surface area (Å²) in [4.78, 5) is 27.7. The van der Waals surface area contributed by atoms with Crippen LogP contribution >= 0.6 is 0 Å². The van der Waals surface area contributed by atoms with Crippen LogP contribution in [0.3, 0.4) is 0 Å². The number of benzene rings is 2. The Bertz CT molecular complexity index is 950. The molecule has 1 aromatic heterocycles. The van der Waals surface area contributed by atoms with E-state index in [9.17, 15) is 14.0 Å². The Morgan fingerprint density at radius 1 is 1.07 bits per heavy atom. The molecule has 0 unspecified atom stereocenters. The molecular formula is C21H20FN3O3. The highest BCUT2D eigenvalue weighted by molar-refractivity contribution is 5.93. The lowest BCUT2D eigenvalue weighted by Gasteiger charge is -2.06. The lowest BCUT2D eigenvalue weighted by molar-refractivity contribution is -0.121. The van der Waals surface area contributed by atoms with Crippen LogP contribution in [0, 0.1) is 5.82 Å². The molecule has 0 saturated heterocycles. The Morgan fingerprint density at radius 2 is 1.79 bits per heavy atom. The summed E-state index contributed by atoms with van der Waals surface area (Å²) in [5.74, 6) is 0.387. The number of hydrogen-bond acceptors (Lipinski definition) is 4. The van der Waals surface area contributed by atoms with Gasteiger partial charge in [-0.15, -0.1) is 0 Å². The summed E-state index contributed by atoms with van der Waals surface area (Å²) in [6.07, 6.45) is 2.16. The lowest BCUT2D eigenvalue weighted by Crippen LogP contribution is -2.23. The molecule has 0 radical (unpaired) electrons. The highest BCUT2D eigenvalue weighted by Crippen LogP contribution is 2.21. The van der Waals surface area contributed by atoms with Crippen molar-refractivity contribution >= 4 is 11.8 Å². The molecule has 2 N–H and O–H groups in total. The maximum absolute atomic E-state index is 13.0. The predicted molar refractivity (Wildman–Crippen MR) is 102 cm³/mol. The van der Waals surface area contributed by atoms with Gasteiger partial charge in [0.05, 0.1) is 6.20 Å². The number of rotatable bonds is 7. The first-order valence-electron chi connectivity index (χ1n) is 8.83. The highest BCUT2D eigenvalue weighted by atomic mass is 19.1. The van der Waals surface area contributed by atoms with Crippen molar-refractivity contribution in [1.29, 1.82) is 0 Å². The van der Waals surface area contributed by atoms with Gasteiger partial charge in [0.2, 0.25) is 5.91 Å². The van der Waals surface area contributed by atoms with Gasteiger partial charge in [0.15, 0.2) is 11.7 Å². The lowest BCUT2D eigenvalue weighted by atomic mass is 10.1. The van der Waals surface area contributed by atoms with Gasteiger partial charge in [0.1, 0.15) is 5.82 Å². The fourth-order valence-corrected chi connectivity index (χ4v) is 2.60. The maximum Gasteiger partial charge on any atom is 0.251 e. The molecule has 0 aliphatic carbocycles. The molecule has 3 rings (SSSR count). The molecule has 7 heteroatoms. The van der Waals surface area contributed by atoms with Gasteiger partial charge in [0, 0.05) is 37.6 Å². The number of aryl methyl sites for hydroxylation is 1. The first kappa shape index (κ1) is 19.3. The van der Waals surface area contributed by atoms with Crippen molar-refractivity contribution in [1.82, 2.24) is 15.6 Å². The van der Waals surface area contributed by atoms with Gasteiger partial charge < -0.3 is 15.1 Å². The number of nitrogens with zero attached hydrogens (tertiary/aromatic N) is 1. The zero-order chi connectivity index (χ0) is 19.9. The minimum absolute atomic E-state index is 0.128. The molecule has 0 bridgehead atoms. The van der Waals surface area contributed by atoms with E-state index in [2.05, 4.69) is 15.6 Å². The molecule has 0 saturated carbocycles. The third-order valence-electron chi connectivity index (χ3n) is 4.18. The average molecular weight is 381 g/mol. The van der Waals surface area contributed by atoms with E-state index in [0.29, 0.717) is 30.2 Å². The quantitative estimate of drug-likeness (QED) is 0.659. The molecule has 0 aliphatic rings. The van der Waals surface area contributed by atoms with Crippen LogP contribution in [0.2, 0.25) is 0 Å². The third kappa shape index (κ3) is 5.03. The number of nitrogens with one attached hydrogen (secondary N) is 2. The zero-order valence-corrected chi connectivity index (χ0v) is 15.4. The van der Waals surface area contributed by atoms with Crippen LogP contribution in [-0.2, 0) is 17.8 Å². The molecule has 0 atom stereocenters. The molecular weight excluding hydrogens is 361 g/mol. The van der Waals surface area contributed by atoms with Crippen LogP contribution in [0.4, 0.5) is 4.39 Å². The fraction of sp³-hybridized carbons (Fsp3) is 0.190. The molecule has 28 heavy (non-hydrogen) atoms. The Kier molecular flexibility index (Phi) is 6.16. The smallest absolute Gasteiger partial charge is 0.251 e. The summed E-state index contributed by atoms with van der Waals surface area (Å²) >= 11 is 0. The minimum atomic E-state index is -0.316. The van der Waals surface area contributed by atoms with E-state index in [1.807, 2.05) is 0 Å². The molecule has 0 aliphatic heterocycles. The predicted octanol–water partition coefficient (Wildman–Crippen LogP) is 3.09. The van der Waals surface area contributed by atoms with Crippen molar-refractivity contribution in [2.24, 2.45) is 0 Å². The molecule has 1 heterocycles. The van der Waals surface area contributed by atoms with Crippen LogP contribution < -0.4 is 10.6 Å². The second-order valence-corrected chi connectivity index (χ2v) is 6.18. The van der Waals surface area contributed by atoms with Crippen LogP contribution in [0.15, 0.2) is 59.1 Å². The number of hydrogen-bond donors (Lipinski definition) is 2. The number of halogens is 1. The Labute approximate surface area is 161 Å². The minimum Gasteiger partial charge on any atom is -0.441 e. The highest BCUT2D eigenvalue weighted by Gasteiger charge is 2.09. The van der Waals surface area contributed by atoms with Gasteiger partial charge in [-0.25, -0.2) is 9.37 Å². The van der Waals surface area contributed by atoms with Crippen molar-refractivity contribution in [3.05, 3.63) is 77.6 Å². The van der Waals surface area contributed by atoms with Crippen LogP contribution in [0.1, 0.15) is 28.2 Å². The van der Waals surface area contributed by atoms with E-state index in [1.165, 1.54) is 12.1 Å². The number of aromatic nitrogens is 1. The van der Waals surface area contributed by atoms with Crippen molar-refractivity contribution in [2.45, 2.75) is 19.4 Å². The van der Waals surface area contributed by atoms with E-state index in [1.54, 1.807) is 49.6 Å². The fourth-order valence-electron chi connectivity index (χ4n) is 2.60. The Hall–Kier alpha value is -3.48.